The van der Waals surface area contributed by atoms with E-state index in [4.69, 9.17) is 4.99 Å². The van der Waals surface area contributed by atoms with Crippen LogP contribution in [0.15, 0.2) is 117 Å². The molecule has 2 saturated carbocycles. The Labute approximate surface area is 268 Å². The molecule has 3 heteroatoms. The van der Waals surface area contributed by atoms with Crippen molar-refractivity contribution in [2.24, 2.45) is 33.7 Å². The van der Waals surface area contributed by atoms with Crippen LogP contribution in [0.1, 0.15) is 98.8 Å². The van der Waals surface area contributed by atoms with Gasteiger partial charge < -0.3 is 0 Å². The summed E-state index contributed by atoms with van der Waals surface area (Å²) in [6.07, 6.45) is 23.7. The number of hydrogen-bond acceptors (Lipinski definition) is 3. The highest BCUT2D eigenvalue weighted by molar-refractivity contribution is 6.20. The molecule has 0 spiro atoms. The molecule has 0 aromatic carbocycles. The van der Waals surface area contributed by atoms with Gasteiger partial charge in [-0.3, -0.25) is 14.8 Å². The topological polar surface area (TPSA) is 41.8 Å². The fraction of sp³-hybridized carbons (Fsp3) is 0.488. The van der Waals surface area contributed by atoms with Gasteiger partial charge in [-0.1, -0.05) is 100 Å². The number of carbonyl (C=O) groups excluding carboxylic acids is 1. The van der Waals surface area contributed by atoms with Crippen LogP contribution in [0.3, 0.4) is 0 Å². The molecular formula is C41H56N2O. The molecule has 0 saturated heterocycles. The number of ketones is 1. The maximum Gasteiger partial charge on any atom is 0.183 e. The second-order valence-corrected chi connectivity index (χ2v) is 13.1. The molecule has 1 aliphatic heterocycles. The van der Waals surface area contributed by atoms with Gasteiger partial charge in [0.2, 0.25) is 0 Å². The molecule has 44 heavy (non-hydrogen) atoms. The molecule has 0 bridgehead atoms. The highest BCUT2D eigenvalue weighted by Crippen LogP contribution is 2.41. The molecule has 0 aromatic rings. The van der Waals surface area contributed by atoms with Crippen molar-refractivity contribution in [2.75, 3.05) is 7.05 Å². The third kappa shape index (κ3) is 9.34. The molecule has 1 heterocycles. The highest BCUT2D eigenvalue weighted by atomic mass is 16.1. The van der Waals surface area contributed by atoms with E-state index in [9.17, 15) is 4.79 Å². The van der Waals surface area contributed by atoms with Crippen LogP contribution in [0.4, 0.5) is 0 Å². The SMILES string of the molecule is C=C/C(C)=C\C(C)/C(=C\C(=N/C)C1=CC(=O)C(=C)CC(/C(C)=C\C(=C/C)C2CCC(=C)C(CC3CCC3)CC2)=N1)C(=C)CC. The summed E-state index contributed by atoms with van der Waals surface area (Å²) in [7, 11) is 1.76. The summed E-state index contributed by atoms with van der Waals surface area (Å²) in [4.78, 5) is 22.8. The summed E-state index contributed by atoms with van der Waals surface area (Å²) in [6, 6.07) is 0. The molecule has 3 unspecified atom stereocenters. The van der Waals surface area contributed by atoms with Crippen molar-refractivity contribution in [3.8, 4) is 0 Å². The predicted octanol–water partition coefficient (Wildman–Crippen LogP) is 11.0. The third-order valence-corrected chi connectivity index (χ3v) is 9.95. The minimum Gasteiger partial charge on any atom is -0.290 e. The fourth-order valence-electron chi connectivity index (χ4n) is 6.64. The van der Waals surface area contributed by atoms with Crippen LogP contribution < -0.4 is 0 Å². The monoisotopic (exact) mass is 592 g/mol. The van der Waals surface area contributed by atoms with Crippen LogP contribution in [0.5, 0.6) is 0 Å². The molecule has 0 N–H and O–H groups in total. The molecule has 3 nitrogen and oxygen atoms in total. The first-order chi connectivity index (χ1) is 21.0. The molecule has 0 amide bonds. The molecule has 0 aromatic heterocycles. The van der Waals surface area contributed by atoms with Gasteiger partial charge in [0, 0.05) is 25.3 Å². The van der Waals surface area contributed by atoms with E-state index in [1.807, 2.05) is 19.1 Å². The third-order valence-electron chi connectivity index (χ3n) is 9.95. The number of carbonyl (C=O) groups is 1. The van der Waals surface area contributed by atoms with E-state index < -0.39 is 0 Å². The summed E-state index contributed by atoms with van der Waals surface area (Å²) in [5.41, 5.74) is 9.78. The van der Waals surface area contributed by atoms with Crippen LogP contribution in [0.2, 0.25) is 0 Å². The number of aliphatic imine (C=N–C) groups is 2. The Bertz CT molecular complexity index is 1360. The van der Waals surface area contributed by atoms with E-state index in [1.54, 1.807) is 13.1 Å². The summed E-state index contributed by atoms with van der Waals surface area (Å²) in [5.74, 6) is 2.12. The van der Waals surface area contributed by atoms with Crippen LogP contribution in [-0.4, -0.2) is 24.3 Å². The smallest absolute Gasteiger partial charge is 0.183 e. The van der Waals surface area contributed by atoms with Gasteiger partial charge in [0.15, 0.2) is 5.78 Å². The van der Waals surface area contributed by atoms with Crippen molar-refractivity contribution in [3.05, 3.63) is 107 Å². The van der Waals surface area contributed by atoms with Crippen molar-refractivity contribution < 1.29 is 4.79 Å². The van der Waals surface area contributed by atoms with E-state index in [-0.39, 0.29) is 11.7 Å². The maximum absolute atomic E-state index is 13.1. The van der Waals surface area contributed by atoms with Gasteiger partial charge in [0.25, 0.3) is 0 Å². The van der Waals surface area contributed by atoms with Crippen LogP contribution in [0.25, 0.3) is 0 Å². The normalized spacial score (nSPS) is 24.2. The standard InChI is InChI=1S/C41H56N2O/c1-11-27(4)21-30(7)37(28(5)12-2)25-39(42-10)40-26-41(44)32(9)23-38(43-40)31(8)22-34(13-3)35-18-17-29(6)36(20-19-35)24-33-15-14-16-33/h11,13,21-22,25-26,30,33,35-36H,1,5-6,9,12,14-20,23-24H2,2-4,7-8,10H3/b27-21-,31-22-,34-13+,37-25-,42-39+. The number of hydrogen-bond donors (Lipinski definition) is 0. The largest absolute Gasteiger partial charge is 0.290 e. The number of nitrogens with zero attached hydrogens (tertiary/aromatic N) is 2. The summed E-state index contributed by atoms with van der Waals surface area (Å²) >= 11 is 0. The van der Waals surface area contributed by atoms with E-state index in [1.165, 1.54) is 49.7 Å². The Kier molecular flexibility index (Phi) is 13.3. The van der Waals surface area contributed by atoms with Crippen molar-refractivity contribution in [1.29, 1.82) is 0 Å². The molecule has 2 fully saturated rings. The lowest BCUT2D eigenvalue weighted by Gasteiger charge is -2.30. The lowest BCUT2D eigenvalue weighted by Crippen LogP contribution is -2.16. The molecule has 3 atom stereocenters. The van der Waals surface area contributed by atoms with Gasteiger partial charge in [-0.05, 0) is 111 Å². The molecule has 0 radical (unpaired) electrons. The first-order valence-corrected chi connectivity index (χ1v) is 16.7. The lowest BCUT2D eigenvalue weighted by molar-refractivity contribution is -0.111. The molecular weight excluding hydrogens is 536 g/mol. The predicted molar refractivity (Wildman–Crippen MR) is 192 cm³/mol. The van der Waals surface area contributed by atoms with Gasteiger partial charge in [0.1, 0.15) is 0 Å². The minimum absolute atomic E-state index is 0.0987. The van der Waals surface area contributed by atoms with E-state index in [0.29, 0.717) is 35.2 Å². The van der Waals surface area contributed by atoms with Gasteiger partial charge in [0.05, 0.1) is 11.4 Å². The van der Waals surface area contributed by atoms with Gasteiger partial charge >= 0.3 is 0 Å². The zero-order valence-corrected chi connectivity index (χ0v) is 28.5. The number of rotatable bonds is 12. The average Bonchev–Trinajstić information content (AvgIpc) is 3.26. The molecule has 236 valence electrons. The molecule has 3 rings (SSSR count). The molecule has 3 aliphatic rings. The van der Waals surface area contributed by atoms with Crippen molar-refractivity contribution in [3.63, 3.8) is 0 Å². The van der Waals surface area contributed by atoms with Crippen molar-refractivity contribution in [2.45, 2.75) is 98.8 Å². The van der Waals surface area contributed by atoms with Crippen LogP contribution in [0, 0.1) is 23.7 Å². The summed E-state index contributed by atoms with van der Waals surface area (Å²) < 4.78 is 0. The van der Waals surface area contributed by atoms with Gasteiger partial charge in [-0.15, -0.1) is 0 Å². The average molecular weight is 593 g/mol. The fourth-order valence-corrected chi connectivity index (χ4v) is 6.64. The zero-order chi connectivity index (χ0) is 32.4. The number of allylic oxidation sites excluding steroid dienone is 13. The first-order valence-electron chi connectivity index (χ1n) is 16.7. The summed E-state index contributed by atoms with van der Waals surface area (Å²) in [5, 5.41) is 0. The van der Waals surface area contributed by atoms with Crippen molar-refractivity contribution in [1.82, 2.24) is 0 Å². The molecule has 2 aliphatic carbocycles. The second kappa shape index (κ2) is 16.7. The van der Waals surface area contributed by atoms with Crippen LogP contribution >= 0.6 is 0 Å². The minimum atomic E-state index is -0.0987. The van der Waals surface area contributed by atoms with E-state index in [0.717, 1.165) is 53.2 Å². The second-order valence-electron chi connectivity index (χ2n) is 13.1. The van der Waals surface area contributed by atoms with Crippen molar-refractivity contribution >= 4 is 17.2 Å². The van der Waals surface area contributed by atoms with Crippen LogP contribution in [-0.2, 0) is 4.79 Å². The van der Waals surface area contributed by atoms with Gasteiger partial charge in [-0.25, -0.2) is 0 Å². The Hall–Kier alpha value is -3.33. The summed E-state index contributed by atoms with van der Waals surface area (Å²) in [6.45, 7) is 27.4. The Morgan fingerprint density at radius 1 is 1.14 bits per heavy atom. The Morgan fingerprint density at radius 3 is 2.45 bits per heavy atom. The Balaban J connectivity index is 1.92. The first kappa shape index (κ1) is 35.2. The lowest BCUT2D eigenvalue weighted by atomic mass is 9.76. The van der Waals surface area contributed by atoms with E-state index in [2.05, 4.69) is 77.2 Å². The quantitative estimate of drug-likeness (QED) is 0.0730. The highest BCUT2D eigenvalue weighted by Gasteiger charge is 2.28. The van der Waals surface area contributed by atoms with E-state index >= 15 is 0 Å². The van der Waals surface area contributed by atoms with Gasteiger partial charge in [-0.2, -0.15) is 0 Å². The maximum atomic E-state index is 13.1. The zero-order valence-electron chi connectivity index (χ0n) is 28.5. The Morgan fingerprint density at radius 2 is 1.86 bits per heavy atom.